The zero-order chi connectivity index (χ0) is 19.6. The molecule has 2 heterocycles. The van der Waals surface area contributed by atoms with E-state index in [0.717, 1.165) is 31.8 Å². The van der Waals surface area contributed by atoms with Gasteiger partial charge in [0.2, 0.25) is 5.91 Å². The van der Waals surface area contributed by atoms with E-state index in [-0.39, 0.29) is 10.8 Å². The first-order valence-corrected chi connectivity index (χ1v) is 11.3. The number of anilines is 1. The number of hydrogen-bond acceptors (Lipinski definition) is 6. The van der Waals surface area contributed by atoms with E-state index in [1.165, 1.54) is 24.5 Å². The van der Waals surface area contributed by atoms with Crippen LogP contribution in [-0.4, -0.2) is 37.2 Å². The molecule has 142 valence electrons. The SMILES string of the molecule is Cc1sc(NC(=O)CN(C)S(=O)(=O)c2cccs2)nc1-c1ccc(Cl)cc1. The molecule has 27 heavy (non-hydrogen) atoms. The lowest BCUT2D eigenvalue weighted by molar-refractivity contribution is -0.116. The fourth-order valence-electron chi connectivity index (χ4n) is 2.34. The number of benzene rings is 1. The molecule has 0 bridgehead atoms. The van der Waals surface area contributed by atoms with Gasteiger partial charge >= 0.3 is 0 Å². The van der Waals surface area contributed by atoms with E-state index in [1.807, 2.05) is 19.1 Å². The fraction of sp³-hybridized carbons (Fsp3) is 0.176. The Hall–Kier alpha value is -1.78. The summed E-state index contributed by atoms with van der Waals surface area (Å²) in [6, 6.07) is 10.4. The Labute approximate surface area is 170 Å². The maximum atomic E-state index is 12.4. The van der Waals surface area contributed by atoms with Gasteiger partial charge in [0.25, 0.3) is 10.0 Å². The van der Waals surface area contributed by atoms with Crippen LogP contribution in [0.4, 0.5) is 5.13 Å². The highest BCUT2D eigenvalue weighted by Gasteiger charge is 2.24. The number of hydrogen-bond donors (Lipinski definition) is 1. The monoisotopic (exact) mass is 441 g/mol. The van der Waals surface area contributed by atoms with Crippen molar-refractivity contribution in [3.8, 4) is 11.3 Å². The van der Waals surface area contributed by atoms with Gasteiger partial charge in [-0.25, -0.2) is 13.4 Å². The summed E-state index contributed by atoms with van der Waals surface area (Å²) in [5, 5.41) is 5.41. The largest absolute Gasteiger partial charge is 0.301 e. The third-order valence-corrected chi connectivity index (χ3v) is 8.00. The van der Waals surface area contributed by atoms with Gasteiger partial charge in [0.15, 0.2) is 5.13 Å². The summed E-state index contributed by atoms with van der Waals surface area (Å²) >= 11 is 8.35. The van der Waals surface area contributed by atoms with Crippen molar-refractivity contribution < 1.29 is 13.2 Å². The highest BCUT2D eigenvalue weighted by Crippen LogP contribution is 2.31. The van der Waals surface area contributed by atoms with Crippen molar-refractivity contribution >= 4 is 55.3 Å². The summed E-state index contributed by atoms with van der Waals surface area (Å²) < 4.78 is 26.0. The van der Waals surface area contributed by atoms with E-state index in [2.05, 4.69) is 10.3 Å². The Morgan fingerprint density at radius 1 is 1.26 bits per heavy atom. The second-order valence-corrected chi connectivity index (χ2v) is 10.5. The molecule has 0 aliphatic heterocycles. The molecule has 0 fully saturated rings. The number of aryl methyl sites for hydroxylation is 1. The van der Waals surface area contributed by atoms with Crippen molar-refractivity contribution in [2.24, 2.45) is 0 Å². The minimum atomic E-state index is -3.67. The predicted molar refractivity (Wildman–Crippen MR) is 110 cm³/mol. The van der Waals surface area contributed by atoms with Crippen LogP contribution in [0, 0.1) is 6.92 Å². The molecule has 0 unspecified atom stereocenters. The minimum Gasteiger partial charge on any atom is -0.301 e. The summed E-state index contributed by atoms with van der Waals surface area (Å²) in [5.74, 6) is -0.450. The summed E-state index contributed by atoms with van der Waals surface area (Å²) in [4.78, 5) is 17.7. The second-order valence-electron chi connectivity index (χ2n) is 5.67. The summed E-state index contributed by atoms with van der Waals surface area (Å²) in [6.07, 6.45) is 0. The Bertz CT molecular complexity index is 1050. The highest BCUT2D eigenvalue weighted by molar-refractivity contribution is 7.91. The third kappa shape index (κ3) is 4.56. The normalized spacial score (nSPS) is 11.7. The molecule has 0 saturated carbocycles. The summed E-state index contributed by atoms with van der Waals surface area (Å²) in [5.41, 5.74) is 1.65. The zero-order valence-electron chi connectivity index (χ0n) is 14.5. The zero-order valence-corrected chi connectivity index (χ0v) is 17.7. The van der Waals surface area contributed by atoms with Crippen molar-refractivity contribution in [1.29, 1.82) is 0 Å². The average Bonchev–Trinajstić information content (AvgIpc) is 3.26. The third-order valence-electron chi connectivity index (χ3n) is 3.69. The molecule has 3 rings (SSSR count). The number of halogens is 1. The van der Waals surface area contributed by atoms with Crippen LogP contribution in [0.3, 0.4) is 0 Å². The second kappa shape index (κ2) is 8.07. The Morgan fingerprint density at radius 3 is 2.59 bits per heavy atom. The lowest BCUT2D eigenvalue weighted by atomic mass is 10.1. The topological polar surface area (TPSA) is 79.4 Å². The molecule has 1 aromatic carbocycles. The maximum Gasteiger partial charge on any atom is 0.252 e. The standard InChI is InChI=1S/C17H16ClN3O3S3/c1-11-16(12-5-7-13(18)8-6-12)20-17(26-11)19-14(22)10-21(2)27(23,24)15-4-3-9-25-15/h3-9H,10H2,1-2H3,(H,19,20,22). The molecule has 0 aliphatic carbocycles. The van der Waals surface area contributed by atoms with Crippen LogP contribution in [0.25, 0.3) is 11.3 Å². The van der Waals surface area contributed by atoms with Crippen LogP contribution in [0.2, 0.25) is 5.02 Å². The molecule has 2 aromatic heterocycles. The number of carbonyl (C=O) groups excluding carboxylic acids is 1. The Balaban J connectivity index is 1.70. The summed E-state index contributed by atoms with van der Waals surface area (Å²) in [6.45, 7) is 1.61. The molecule has 6 nitrogen and oxygen atoms in total. The highest BCUT2D eigenvalue weighted by atomic mass is 35.5. The van der Waals surface area contributed by atoms with Gasteiger partial charge in [-0.1, -0.05) is 29.8 Å². The number of rotatable bonds is 6. The molecule has 0 atom stereocenters. The molecule has 3 aromatic rings. The van der Waals surface area contributed by atoms with Crippen LogP contribution in [0.5, 0.6) is 0 Å². The van der Waals surface area contributed by atoms with Gasteiger partial charge in [0.1, 0.15) is 4.21 Å². The molecule has 10 heteroatoms. The molecule has 0 aliphatic rings. The molecule has 0 radical (unpaired) electrons. The molecule has 0 spiro atoms. The van der Waals surface area contributed by atoms with Crippen molar-refractivity contribution in [3.05, 3.63) is 51.7 Å². The number of thiazole rings is 1. The van der Waals surface area contributed by atoms with Crippen molar-refractivity contribution in [3.63, 3.8) is 0 Å². The van der Waals surface area contributed by atoms with Crippen LogP contribution >= 0.6 is 34.3 Å². The minimum absolute atomic E-state index is 0.202. The smallest absolute Gasteiger partial charge is 0.252 e. The lowest BCUT2D eigenvalue weighted by Crippen LogP contribution is -2.34. The number of nitrogens with one attached hydrogen (secondary N) is 1. The van der Waals surface area contributed by atoms with Crippen LogP contribution in [-0.2, 0) is 14.8 Å². The number of nitrogens with zero attached hydrogens (tertiary/aromatic N) is 2. The van der Waals surface area contributed by atoms with Gasteiger partial charge in [0, 0.05) is 22.5 Å². The Kier molecular flexibility index (Phi) is 5.97. The molecular formula is C17H16ClN3O3S3. The first-order chi connectivity index (χ1) is 12.8. The Morgan fingerprint density at radius 2 is 1.96 bits per heavy atom. The van der Waals surface area contributed by atoms with Crippen molar-refractivity contribution in [1.82, 2.24) is 9.29 Å². The molecular weight excluding hydrogens is 426 g/mol. The van der Waals surface area contributed by atoms with Gasteiger partial charge in [-0.2, -0.15) is 4.31 Å². The average molecular weight is 442 g/mol. The van der Waals surface area contributed by atoms with Crippen LogP contribution < -0.4 is 5.32 Å². The van der Waals surface area contributed by atoms with Crippen LogP contribution in [0.15, 0.2) is 46.0 Å². The van der Waals surface area contributed by atoms with E-state index in [1.54, 1.807) is 23.6 Å². The van der Waals surface area contributed by atoms with E-state index in [9.17, 15) is 13.2 Å². The van der Waals surface area contributed by atoms with E-state index in [4.69, 9.17) is 11.6 Å². The molecule has 1 N–H and O–H groups in total. The number of aromatic nitrogens is 1. The lowest BCUT2D eigenvalue weighted by Gasteiger charge is -2.14. The van der Waals surface area contributed by atoms with Gasteiger partial charge in [0.05, 0.1) is 12.2 Å². The van der Waals surface area contributed by atoms with E-state index >= 15 is 0 Å². The van der Waals surface area contributed by atoms with Gasteiger partial charge in [-0.05, 0) is 30.5 Å². The number of amides is 1. The first kappa shape index (κ1) is 20.0. The van der Waals surface area contributed by atoms with Gasteiger partial charge < -0.3 is 5.32 Å². The van der Waals surface area contributed by atoms with E-state index in [0.29, 0.717) is 10.2 Å². The fourth-order valence-corrected chi connectivity index (χ4v) is 5.64. The molecule has 0 saturated heterocycles. The van der Waals surface area contributed by atoms with Crippen LogP contribution in [0.1, 0.15) is 4.88 Å². The van der Waals surface area contributed by atoms with Crippen molar-refractivity contribution in [2.75, 3.05) is 18.9 Å². The van der Waals surface area contributed by atoms with E-state index < -0.39 is 15.9 Å². The number of carbonyl (C=O) groups is 1. The quantitative estimate of drug-likeness (QED) is 0.624. The predicted octanol–water partition coefficient (Wildman–Crippen LogP) is 4.09. The molecule has 1 amide bonds. The first-order valence-electron chi connectivity index (χ1n) is 7.80. The van der Waals surface area contributed by atoms with Gasteiger partial charge in [-0.3, -0.25) is 4.79 Å². The maximum absolute atomic E-state index is 12.4. The number of thiophene rings is 1. The van der Waals surface area contributed by atoms with Crippen molar-refractivity contribution in [2.45, 2.75) is 11.1 Å². The summed E-state index contributed by atoms with van der Waals surface area (Å²) in [7, 11) is -2.30. The number of likely N-dealkylation sites (N-methyl/N-ethyl adjacent to an activating group) is 1. The number of sulfonamides is 1. The van der Waals surface area contributed by atoms with Gasteiger partial charge in [-0.15, -0.1) is 22.7 Å².